The number of para-hydroxylation sites is 1. The molecule has 0 amide bonds. The molecule has 0 heterocycles. The van der Waals surface area contributed by atoms with E-state index in [4.69, 9.17) is 4.74 Å². The maximum Gasteiger partial charge on any atom is 0.135 e. The smallest absolute Gasteiger partial charge is 0.135 e. The molecule has 0 atom stereocenters. The summed E-state index contributed by atoms with van der Waals surface area (Å²) in [4.78, 5) is 0. The molecule has 2 aromatic carbocycles. The molecule has 1 N–H and O–H groups in total. The molecule has 0 aromatic heterocycles. The van der Waals surface area contributed by atoms with Gasteiger partial charge in [-0.25, -0.2) is 0 Å². The lowest BCUT2D eigenvalue weighted by Crippen LogP contribution is -2.00. The number of phenolic OH excluding ortho intramolecular Hbond substituents is 1. The fourth-order valence-electron chi connectivity index (χ4n) is 1.93. The topological polar surface area (TPSA) is 29.5 Å². The number of hydrogen-bond acceptors (Lipinski definition) is 2. The molecule has 2 nitrogen and oxygen atoms in total. The first-order valence-electron chi connectivity index (χ1n) is 6.26. The van der Waals surface area contributed by atoms with Gasteiger partial charge in [0.15, 0.2) is 0 Å². The maximum absolute atomic E-state index is 9.54. The van der Waals surface area contributed by atoms with Gasteiger partial charge >= 0.3 is 0 Å². The Labute approximate surface area is 107 Å². The average Bonchev–Trinajstić information content (AvgIpc) is 3.21. The predicted octanol–water partition coefficient (Wildman–Crippen LogP) is 3.65. The lowest BCUT2D eigenvalue weighted by molar-refractivity contribution is 0.300. The summed E-state index contributed by atoms with van der Waals surface area (Å²) in [7, 11) is 0. The quantitative estimate of drug-likeness (QED) is 0.882. The standard InChI is InChI=1S/C16H15O2/c17-14-5-3-4-13(10-14)15-6-1-2-7-16(15)18-11-12-8-9-12/h1-6,10,12,17H,8-9,11H2. The molecule has 1 fully saturated rings. The molecule has 2 aromatic rings. The van der Waals surface area contributed by atoms with E-state index in [1.807, 2.05) is 30.3 Å². The summed E-state index contributed by atoms with van der Waals surface area (Å²) in [5.41, 5.74) is 1.94. The van der Waals surface area contributed by atoms with Crippen LogP contribution in [0.3, 0.4) is 0 Å². The highest BCUT2D eigenvalue weighted by atomic mass is 16.5. The molecule has 1 radical (unpaired) electrons. The third kappa shape index (κ3) is 2.48. The van der Waals surface area contributed by atoms with Crippen LogP contribution >= 0.6 is 0 Å². The molecule has 1 saturated carbocycles. The molecule has 0 aliphatic heterocycles. The molecular formula is C16H15O2. The summed E-state index contributed by atoms with van der Waals surface area (Å²) in [5, 5.41) is 9.54. The Morgan fingerprint density at radius 2 is 2.11 bits per heavy atom. The number of ether oxygens (including phenoxy) is 1. The maximum atomic E-state index is 9.54. The lowest BCUT2D eigenvalue weighted by atomic mass is 10.0. The first-order chi connectivity index (χ1) is 8.83. The van der Waals surface area contributed by atoms with Gasteiger partial charge in [-0.3, -0.25) is 0 Å². The number of benzene rings is 2. The first-order valence-corrected chi connectivity index (χ1v) is 6.26. The second-order valence-corrected chi connectivity index (χ2v) is 4.72. The fourth-order valence-corrected chi connectivity index (χ4v) is 1.93. The van der Waals surface area contributed by atoms with Gasteiger partial charge < -0.3 is 9.84 Å². The summed E-state index contributed by atoms with van der Waals surface area (Å²) in [6.07, 6.45) is 2.54. The molecule has 0 saturated heterocycles. The number of aromatic hydroxyl groups is 1. The molecule has 2 heteroatoms. The summed E-state index contributed by atoms with van der Waals surface area (Å²) < 4.78 is 5.82. The van der Waals surface area contributed by atoms with Gasteiger partial charge in [0, 0.05) is 11.6 Å². The summed E-state index contributed by atoms with van der Waals surface area (Å²) in [5.74, 6) is 1.76. The highest BCUT2D eigenvalue weighted by molar-refractivity contribution is 5.71. The van der Waals surface area contributed by atoms with E-state index in [-0.39, 0.29) is 5.75 Å². The van der Waals surface area contributed by atoms with E-state index in [9.17, 15) is 5.11 Å². The summed E-state index contributed by atoms with van der Waals surface area (Å²) >= 11 is 0. The molecule has 1 aliphatic rings. The van der Waals surface area contributed by atoms with Crippen molar-refractivity contribution in [1.29, 1.82) is 0 Å². The average molecular weight is 239 g/mol. The van der Waals surface area contributed by atoms with E-state index < -0.39 is 0 Å². The van der Waals surface area contributed by atoms with Crippen molar-refractivity contribution in [3.63, 3.8) is 0 Å². The SMILES string of the molecule is Oc1cccc(-c2ccc[c]c2OCC2CC2)c1. The lowest BCUT2D eigenvalue weighted by Gasteiger charge is -2.11. The molecule has 0 spiro atoms. The largest absolute Gasteiger partial charge is 0.508 e. The van der Waals surface area contributed by atoms with Crippen LogP contribution in [0.2, 0.25) is 0 Å². The Bertz CT molecular complexity index is 544. The Balaban J connectivity index is 1.89. The molecule has 0 bridgehead atoms. The van der Waals surface area contributed by atoms with Crippen LogP contribution in [0.5, 0.6) is 11.5 Å². The van der Waals surface area contributed by atoms with Crippen LogP contribution in [0.1, 0.15) is 12.8 Å². The van der Waals surface area contributed by atoms with E-state index in [1.54, 1.807) is 12.1 Å². The molecule has 1 aliphatic carbocycles. The highest BCUT2D eigenvalue weighted by Gasteiger charge is 2.22. The van der Waals surface area contributed by atoms with Crippen molar-refractivity contribution in [2.45, 2.75) is 12.8 Å². The minimum absolute atomic E-state index is 0.268. The highest BCUT2D eigenvalue weighted by Crippen LogP contribution is 2.34. The number of rotatable bonds is 4. The first kappa shape index (κ1) is 11.1. The van der Waals surface area contributed by atoms with Gasteiger partial charge in [-0.15, -0.1) is 0 Å². The van der Waals surface area contributed by atoms with E-state index in [0.29, 0.717) is 0 Å². The summed E-state index contributed by atoms with van der Waals surface area (Å²) in [6.45, 7) is 0.770. The molecule has 91 valence electrons. The van der Waals surface area contributed by atoms with Crippen molar-refractivity contribution in [2.24, 2.45) is 5.92 Å². The Morgan fingerprint density at radius 3 is 2.89 bits per heavy atom. The zero-order valence-electron chi connectivity index (χ0n) is 10.1. The van der Waals surface area contributed by atoms with Crippen LogP contribution in [-0.2, 0) is 0 Å². The minimum Gasteiger partial charge on any atom is -0.508 e. The third-order valence-electron chi connectivity index (χ3n) is 3.14. The van der Waals surface area contributed by atoms with Gasteiger partial charge in [-0.1, -0.05) is 30.3 Å². The van der Waals surface area contributed by atoms with E-state index in [1.165, 1.54) is 12.8 Å². The van der Waals surface area contributed by atoms with Crippen LogP contribution in [0.15, 0.2) is 42.5 Å². The van der Waals surface area contributed by atoms with E-state index in [0.717, 1.165) is 29.4 Å². The number of phenols is 1. The van der Waals surface area contributed by atoms with Gasteiger partial charge in [0.2, 0.25) is 0 Å². The van der Waals surface area contributed by atoms with Gasteiger partial charge in [0.25, 0.3) is 0 Å². The van der Waals surface area contributed by atoms with E-state index in [2.05, 4.69) is 6.07 Å². The van der Waals surface area contributed by atoms with Gasteiger partial charge in [-0.2, -0.15) is 0 Å². The Morgan fingerprint density at radius 1 is 1.22 bits per heavy atom. The van der Waals surface area contributed by atoms with Crippen molar-refractivity contribution in [3.8, 4) is 22.6 Å². The zero-order valence-corrected chi connectivity index (χ0v) is 10.1. The monoisotopic (exact) mass is 239 g/mol. The molecular weight excluding hydrogens is 224 g/mol. The van der Waals surface area contributed by atoms with Gasteiger partial charge in [-0.05, 0) is 36.5 Å². The predicted molar refractivity (Wildman–Crippen MR) is 70.6 cm³/mol. The number of hydrogen-bond donors (Lipinski definition) is 1. The normalized spacial score (nSPS) is 14.4. The molecule has 3 rings (SSSR count). The van der Waals surface area contributed by atoms with Crippen molar-refractivity contribution in [2.75, 3.05) is 6.61 Å². The van der Waals surface area contributed by atoms with Crippen LogP contribution in [0.4, 0.5) is 0 Å². The van der Waals surface area contributed by atoms with Crippen molar-refractivity contribution >= 4 is 0 Å². The van der Waals surface area contributed by atoms with E-state index >= 15 is 0 Å². The van der Waals surface area contributed by atoms with Crippen molar-refractivity contribution in [1.82, 2.24) is 0 Å². The molecule has 0 unspecified atom stereocenters. The Hall–Kier alpha value is -1.96. The molecule has 18 heavy (non-hydrogen) atoms. The van der Waals surface area contributed by atoms with Gasteiger partial charge in [0.05, 0.1) is 6.61 Å². The third-order valence-corrected chi connectivity index (χ3v) is 3.14. The van der Waals surface area contributed by atoms with Crippen molar-refractivity contribution in [3.05, 3.63) is 48.5 Å². The van der Waals surface area contributed by atoms with Gasteiger partial charge in [0.1, 0.15) is 11.5 Å². The Kier molecular flexibility index (Phi) is 2.93. The minimum atomic E-state index is 0.268. The van der Waals surface area contributed by atoms with Crippen molar-refractivity contribution < 1.29 is 9.84 Å². The van der Waals surface area contributed by atoms with Crippen LogP contribution in [0.25, 0.3) is 11.1 Å². The van der Waals surface area contributed by atoms with Crippen LogP contribution in [-0.4, -0.2) is 11.7 Å². The summed E-state index contributed by atoms with van der Waals surface area (Å²) in [6, 6.07) is 16.1. The second-order valence-electron chi connectivity index (χ2n) is 4.72. The second kappa shape index (κ2) is 4.73. The van der Waals surface area contributed by atoms with Crippen LogP contribution < -0.4 is 4.74 Å². The fraction of sp³-hybridized carbons (Fsp3) is 0.250. The van der Waals surface area contributed by atoms with Crippen LogP contribution in [0, 0.1) is 12.0 Å². The zero-order chi connectivity index (χ0) is 12.4.